The van der Waals surface area contributed by atoms with Gasteiger partial charge in [0.05, 0.1) is 19.3 Å². The van der Waals surface area contributed by atoms with Crippen molar-refractivity contribution < 1.29 is 18.0 Å². The second-order valence-corrected chi connectivity index (χ2v) is 10.4. The van der Waals surface area contributed by atoms with Gasteiger partial charge in [0.2, 0.25) is 10.0 Å². The van der Waals surface area contributed by atoms with Crippen LogP contribution in [0.4, 0.5) is 9.59 Å². The molecular weight excluding hydrogens is 376 g/mol. The van der Waals surface area contributed by atoms with E-state index in [-0.39, 0.29) is 13.1 Å². The second-order valence-electron chi connectivity index (χ2n) is 7.28. The Hall–Kier alpha value is -1.00. The van der Waals surface area contributed by atoms with Crippen LogP contribution in [0.3, 0.4) is 0 Å². The molecule has 3 aliphatic rings. The fourth-order valence-corrected chi connectivity index (χ4v) is 5.79. The molecule has 0 radical (unpaired) electrons. The lowest BCUT2D eigenvalue weighted by molar-refractivity contribution is 0.124. The van der Waals surface area contributed by atoms with Gasteiger partial charge in [-0.25, -0.2) is 27.2 Å². The van der Waals surface area contributed by atoms with Crippen molar-refractivity contribution in [1.82, 2.24) is 19.4 Å². The molecule has 0 aliphatic carbocycles. The molecule has 0 aromatic heterocycles. The molecule has 0 saturated carbocycles. The Bertz CT molecular complexity index is 628. The molecule has 3 rings (SSSR count). The third-order valence-electron chi connectivity index (χ3n) is 5.51. The number of nitrogens with one attached hydrogen (secondary N) is 1. The van der Waals surface area contributed by atoms with E-state index < -0.39 is 22.1 Å². The van der Waals surface area contributed by atoms with Crippen molar-refractivity contribution in [1.29, 1.82) is 0 Å². The Morgan fingerprint density at radius 2 is 1.77 bits per heavy atom. The SMILES string of the molecule is CS(=O)(=O)N1CCN(C(=O)NCC2CCN(C3CCSCC3)CC2)C1=O. The van der Waals surface area contributed by atoms with Crippen LogP contribution in [0.15, 0.2) is 0 Å². The topological polar surface area (TPSA) is 90.0 Å². The van der Waals surface area contributed by atoms with Crippen molar-refractivity contribution in [2.45, 2.75) is 31.7 Å². The van der Waals surface area contributed by atoms with Crippen LogP contribution in [0.2, 0.25) is 0 Å². The van der Waals surface area contributed by atoms with Crippen LogP contribution in [0.5, 0.6) is 0 Å². The number of thioether (sulfide) groups is 1. The fraction of sp³-hybridized carbons (Fsp3) is 0.875. The van der Waals surface area contributed by atoms with Gasteiger partial charge >= 0.3 is 12.1 Å². The fourth-order valence-electron chi connectivity index (χ4n) is 3.91. The number of likely N-dealkylation sites (tertiary alicyclic amines) is 1. The Kier molecular flexibility index (Phi) is 6.34. The number of imide groups is 1. The minimum atomic E-state index is -3.62. The summed E-state index contributed by atoms with van der Waals surface area (Å²) in [5.41, 5.74) is 0. The van der Waals surface area contributed by atoms with Crippen molar-refractivity contribution in [3.63, 3.8) is 0 Å². The summed E-state index contributed by atoms with van der Waals surface area (Å²) in [6.07, 6.45) is 5.63. The predicted molar refractivity (Wildman–Crippen MR) is 102 cm³/mol. The highest BCUT2D eigenvalue weighted by molar-refractivity contribution is 7.99. The minimum absolute atomic E-state index is 0.0309. The molecule has 0 aromatic rings. The Morgan fingerprint density at radius 1 is 1.12 bits per heavy atom. The molecule has 3 aliphatic heterocycles. The van der Waals surface area contributed by atoms with Gasteiger partial charge in [-0.05, 0) is 56.2 Å². The van der Waals surface area contributed by atoms with E-state index in [2.05, 4.69) is 10.2 Å². The lowest BCUT2D eigenvalue weighted by Crippen LogP contribution is -2.47. The maximum absolute atomic E-state index is 12.2. The van der Waals surface area contributed by atoms with Gasteiger partial charge in [-0.2, -0.15) is 11.8 Å². The van der Waals surface area contributed by atoms with Crippen LogP contribution >= 0.6 is 11.8 Å². The molecule has 0 atom stereocenters. The second kappa shape index (κ2) is 8.35. The zero-order chi connectivity index (χ0) is 18.7. The maximum Gasteiger partial charge on any atom is 0.341 e. The van der Waals surface area contributed by atoms with Gasteiger partial charge in [0.15, 0.2) is 0 Å². The number of hydrogen-bond acceptors (Lipinski definition) is 6. The molecule has 3 heterocycles. The van der Waals surface area contributed by atoms with Crippen LogP contribution in [0.1, 0.15) is 25.7 Å². The number of sulfonamides is 1. The summed E-state index contributed by atoms with van der Waals surface area (Å²) < 4.78 is 23.8. The van der Waals surface area contributed by atoms with Gasteiger partial charge < -0.3 is 10.2 Å². The normalized spacial score (nSPS) is 24.3. The highest BCUT2D eigenvalue weighted by Gasteiger charge is 2.38. The summed E-state index contributed by atoms with van der Waals surface area (Å²) in [4.78, 5) is 27.9. The van der Waals surface area contributed by atoms with Crippen LogP contribution in [-0.2, 0) is 10.0 Å². The molecule has 0 bridgehead atoms. The van der Waals surface area contributed by atoms with E-state index in [1.165, 1.54) is 24.3 Å². The van der Waals surface area contributed by atoms with E-state index in [4.69, 9.17) is 0 Å². The Labute approximate surface area is 159 Å². The molecule has 0 spiro atoms. The molecule has 3 fully saturated rings. The summed E-state index contributed by atoms with van der Waals surface area (Å²) in [7, 11) is -3.62. The average Bonchev–Trinajstić information content (AvgIpc) is 3.03. The largest absolute Gasteiger partial charge is 0.341 e. The zero-order valence-electron chi connectivity index (χ0n) is 15.2. The molecule has 0 unspecified atom stereocenters. The maximum atomic E-state index is 12.2. The average molecular weight is 405 g/mol. The number of urea groups is 2. The molecule has 3 saturated heterocycles. The molecule has 10 heteroatoms. The van der Waals surface area contributed by atoms with Gasteiger partial charge in [-0.3, -0.25) is 0 Å². The summed E-state index contributed by atoms with van der Waals surface area (Å²) >= 11 is 2.04. The Morgan fingerprint density at radius 3 is 2.35 bits per heavy atom. The lowest BCUT2D eigenvalue weighted by atomic mass is 9.94. The van der Waals surface area contributed by atoms with Crippen LogP contribution < -0.4 is 5.32 Å². The first-order chi connectivity index (χ1) is 12.4. The van der Waals surface area contributed by atoms with E-state index in [0.717, 1.165) is 47.4 Å². The van der Waals surface area contributed by atoms with Crippen molar-refractivity contribution >= 4 is 33.8 Å². The number of hydrogen-bond donors (Lipinski definition) is 1. The number of rotatable bonds is 4. The first-order valence-corrected chi connectivity index (χ1v) is 12.3. The molecule has 26 heavy (non-hydrogen) atoms. The van der Waals surface area contributed by atoms with E-state index in [1.807, 2.05) is 11.8 Å². The number of nitrogens with zero attached hydrogens (tertiary/aromatic N) is 3. The van der Waals surface area contributed by atoms with E-state index in [9.17, 15) is 18.0 Å². The summed E-state index contributed by atoms with van der Waals surface area (Å²) in [6, 6.07) is -0.529. The molecule has 8 nitrogen and oxygen atoms in total. The van der Waals surface area contributed by atoms with Crippen LogP contribution in [0.25, 0.3) is 0 Å². The van der Waals surface area contributed by atoms with Gasteiger partial charge in [0.25, 0.3) is 0 Å². The number of piperidine rings is 1. The number of carbonyl (C=O) groups is 2. The quantitative estimate of drug-likeness (QED) is 0.752. The molecule has 148 valence electrons. The highest BCUT2D eigenvalue weighted by atomic mass is 32.2. The van der Waals surface area contributed by atoms with E-state index in [0.29, 0.717) is 12.5 Å². The van der Waals surface area contributed by atoms with Crippen LogP contribution in [-0.4, -0.2) is 91.1 Å². The summed E-state index contributed by atoms with van der Waals surface area (Å²) in [5, 5.41) is 2.81. The molecule has 1 N–H and O–H groups in total. The molecule has 4 amide bonds. The van der Waals surface area contributed by atoms with Gasteiger partial charge in [0.1, 0.15) is 0 Å². The van der Waals surface area contributed by atoms with Crippen molar-refractivity contribution in [2.75, 3.05) is 50.5 Å². The third-order valence-corrected chi connectivity index (χ3v) is 7.70. The number of carbonyl (C=O) groups excluding carboxylic acids is 2. The van der Waals surface area contributed by atoms with Crippen molar-refractivity contribution in [3.05, 3.63) is 0 Å². The number of amides is 4. The summed E-state index contributed by atoms with van der Waals surface area (Å²) in [5.74, 6) is 2.93. The first-order valence-electron chi connectivity index (χ1n) is 9.25. The third kappa shape index (κ3) is 4.64. The molecular formula is C16H28N4O4S2. The molecule has 0 aromatic carbocycles. The van der Waals surface area contributed by atoms with E-state index >= 15 is 0 Å². The minimum Gasteiger partial charge on any atom is -0.337 e. The van der Waals surface area contributed by atoms with Crippen molar-refractivity contribution in [3.8, 4) is 0 Å². The standard InChI is InChI=1S/C16H28N4O4S2/c1-26(23,24)20-9-8-19(16(20)22)15(21)17-12-13-2-6-18(7-3-13)14-4-10-25-11-5-14/h13-14H,2-12H2,1H3,(H,17,21). The lowest BCUT2D eigenvalue weighted by Gasteiger charge is -2.39. The monoisotopic (exact) mass is 404 g/mol. The van der Waals surface area contributed by atoms with Crippen LogP contribution in [0, 0.1) is 5.92 Å². The van der Waals surface area contributed by atoms with Gasteiger partial charge in [-0.15, -0.1) is 0 Å². The van der Waals surface area contributed by atoms with Crippen molar-refractivity contribution in [2.24, 2.45) is 5.92 Å². The smallest absolute Gasteiger partial charge is 0.337 e. The Balaban J connectivity index is 1.41. The highest BCUT2D eigenvalue weighted by Crippen LogP contribution is 2.26. The van der Waals surface area contributed by atoms with E-state index in [1.54, 1.807) is 0 Å². The summed E-state index contributed by atoms with van der Waals surface area (Å²) in [6.45, 7) is 2.82. The predicted octanol–water partition coefficient (Wildman–Crippen LogP) is 1.00. The zero-order valence-corrected chi connectivity index (χ0v) is 16.9. The first kappa shape index (κ1) is 19.8. The van der Waals surface area contributed by atoms with Gasteiger partial charge in [-0.1, -0.05) is 0 Å². The van der Waals surface area contributed by atoms with Gasteiger partial charge in [0, 0.05) is 12.6 Å².